The molecule has 0 saturated carbocycles. The van der Waals surface area contributed by atoms with E-state index in [9.17, 15) is 13.2 Å². The Bertz CT molecular complexity index is 1460. The first kappa shape index (κ1) is 30.1. The second-order valence-electron chi connectivity index (χ2n) is 9.08. The third-order valence-corrected chi connectivity index (χ3v) is 7.45. The van der Waals surface area contributed by atoms with Gasteiger partial charge in [-0.15, -0.1) is 18.3 Å². The van der Waals surface area contributed by atoms with E-state index in [-0.39, 0.29) is 17.6 Å². The molecule has 2 N–H and O–H groups in total. The van der Waals surface area contributed by atoms with E-state index in [1.165, 1.54) is 36.2 Å². The average Bonchev–Trinajstić information content (AvgIpc) is 3.29. The van der Waals surface area contributed by atoms with E-state index < -0.39 is 6.36 Å². The molecule has 0 aliphatic carbocycles. The molecule has 7 nitrogen and oxygen atoms in total. The highest BCUT2D eigenvalue weighted by atomic mass is 35.5. The molecule has 0 radical (unpaired) electrons. The number of para-hydroxylation sites is 1. The van der Waals surface area contributed by atoms with Gasteiger partial charge in [0.2, 0.25) is 0 Å². The van der Waals surface area contributed by atoms with Crippen LogP contribution in [-0.4, -0.2) is 41.7 Å². The van der Waals surface area contributed by atoms with Crippen LogP contribution in [0.2, 0.25) is 5.02 Å². The van der Waals surface area contributed by atoms with Gasteiger partial charge in [-0.3, -0.25) is 0 Å². The lowest BCUT2D eigenvalue weighted by molar-refractivity contribution is -0.274. The Kier molecular flexibility index (Phi) is 10.1. The molecule has 1 aliphatic rings. The van der Waals surface area contributed by atoms with Crippen molar-refractivity contribution in [3.05, 3.63) is 88.4 Å². The van der Waals surface area contributed by atoms with Gasteiger partial charge in [0, 0.05) is 17.4 Å². The normalized spacial score (nSPS) is 17.3. The van der Waals surface area contributed by atoms with Crippen LogP contribution in [0.25, 0.3) is 0 Å². The highest BCUT2D eigenvalue weighted by Crippen LogP contribution is 2.38. The lowest BCUT2D eigenvalue weighted by atomic mass is 10.1. The van der Waals surface area contributed by atoms with Gasteiger partial charge in [-0.25, -0.2) is 9.98 Å². The summed E-state index contributed by atoms with van der Waals surface area (Å²) < 4.78 is 40.7. The monoisotopic (exact) mass is 600 g/mol. The van der Waals surface area contributed by atoms with Crippen LogP contribution >= 0.6 is 23.4 Å². The van der Waals surface area contributed by atoms with Gasteiger partial charge in [0.1, 0.15) is 17.9 Å². The van der Waals surface area contributed by atoms with E-state index in [4.69, 9.17) is 17.3 Å². The van der Waals surface area contributed by atoms with E-state index in [0.29, 0.717) is 16.3 Å². The minimum absolute atomic E-state index is 0.226. The molecule has 1 atom stereocenters. The molecule has 0 aromatic heterocycles. The van der Waals surface area contributed by atoms with Crippen molar-refractivity contribution in [1.29, 1.82) is 0 Å². The van der Waals surface area contributed by atoms with Crippen LogP contribution in [-0.2, 0) is 6.42 Å². The summed E-state index contributed by atoms with van der Waals surface area (Å²) in [4.78, 5) is 10.4. The first-order chi connectivity index (χ1) is 19.6. The summed E-state index contributed by atoms with van der Waals surface area (Å²) in [6.07, 6.45) is 0.0990. The quantitative estimate of drug-likeness (QED) is 0.156. The predicted octanol–water partition coefficient (Wildman–Crippen LogP) is 7.59. The Hall–Kier alpha value is -3.83. The van der Waals surface area contributed by atoms with E-state index in [1.54, 1.807) is 30.1 Å². The maximum Gasteiger partial charge on any atom is 0.573 e. The summed E-state index contributed by atoms with van der Waals surface area (Å²) in [5.41, 5.74) is 10.1. The minimum Gasteiger partial charge on any atom is -0.406 e. The largest absolute Gasteiger partial charge is 0.573 e. The van der Waals surface area contributed by atoms with E-state index in [2.05, 4.69) is 49.7 Å². The summed E-state index contributed by atoms with van der Waals surface area (Å²) in [6, 6.07) is 18.6. The number of thioether (sulfide) groups is 1. The number of hydrogen-bond acceptors (Lipinski definition) is 5. The second kappa shape index (κ2) is 13.7. The smallest absolute Gasteiger partial charge is 0.406 e. The van der Waals surface area contributed by atoms with Crippen LogP contribution in [0.3, 0.4) is 0 Å². The SMILES string of the molecule is CCCc1cccc(Cl)c1N1/C(=N/N=C/c2ccc(C(N)=NC=Nc3ccc(OC(F)(F)F)cc3)cc2)SCC1C. The number of ether oxygens (including phenoxy) is 1. The van der Waals surface area contributed by atoms with Crippen LogP contribution in [0.15, 0.2) is 86.9 Å². The Morgan fingerprint density at radius 1 is 1.12 bits per heavy atom. The number of halogens is 4. The standard InChI is InChI=1S/C29H28ClF3N6OS/c1-3-5-21-6-4-7-25(30)26(21)39-19(2)17-41-28(39)38-37-16-20-8-10-22(11-9-20)27(34)36-18-35-23-12-14-24(15-13-23)40-29(31,32)33/h4,6-16,18-19H,3,5,17H2,1-2H3,(H2,34,35,36)/b37-16+,38-28-. The van der Waals surface area contributed by atoms with Crippen LogP contribution in [0.5, 0.6) is 5.75 Å². The van der Waals surface area contributed by atoms with Gasteiger partial charge in [0.05, 0.1) is 22.6 Å². The third-order valence-electron chi connectivity index (χ3n) is 5.96. The van der Waals surface area contributed by atoms with Gasteiger partial charge in [-0.2, -0.15) is 5.10 Å². The molecule has 4 rings (SSSR count). The molecular weight excluding hydrogens is 573 g/mol. The molecule has 1 fully saturated rings. The zero-order chi connectivity index (χ0) is 29.4. The fourth-order valence-corrected chi connectivity index (χ4v) is 5.41. The molecule has 12 heteroatoms. The molecule has 3 aromatic carbocycles. The van der Waals surface area contributed by atoms with E-state index in [1.807, 2.05) is 24.3 Å². The van der Waals surface area contributed by atoms with Crippen LogP contribution in [0, 0.1) is 0 Å². The van der Waals surface area contributed by atoms with Crippen molar-refractivity contribution in [2.75, 3.05) is 10.7 Å². The molecule has 0 spiro atoms. The number of nitrogens with zero attached hydrogens (tertiary/aromatic N) is 5. The van der Waals surface area contributed by atoms with Crippen molar-refractivity contribution in [3.63, 3.8) is 0 Å². The van der Waals surface area contributed by atoms with Crippen LogP contribution in [0.1, 0.15) is 37.0 Å². The van der Waals surface area contributed by atoms with Gasteiger partial charge in [-0.05, 0) is 54.8 Å². The average molecular weight is 601 g/mol. The highest BCUT2D eigenvalue weighted by Gasteiger charge is 2.32. The zero-order valence-electron chi connectivity index (χ0n) is 22.3. The summed E-state index contributed by atoms with van der Waals surface area (Å²) >= 11 is 8.27. The number of rotatable bonds is 9. The number of amidine groups is 2. The predicted molar refractivity (Wildman–Crippen MR) is 163 cm³/mol. The third kappa shape index (κ3) is 8.34. The van der Waals surface area contributed by atoms with Crippen LogP contribution < -0.4 is 15.4 Å². The number of aliphatic imine (C=N–C) groups is 2. The van der Waals surface area contributed by atoms with Crippen molar-refractivity contribution < 1.29 is 17.9 Å². The van der Waals surface area contributed by atoms with Gasteiger partial charge in [0.25, 0.3) is 0 Å². The van der Waals surface area contributed by atoms with Crippen molar-refractivity contribution in [3.8, 4) is 5.75 Å². The zero-order valence-corrected chi connectivity index (χ0v) is 23.9. The Balaban J connectivity index is 1.40. The molecule has 3 aromatic rings. The fraction of sp³-hybridized carbons (Fsp3) is 0.241. The number of benzene rings is 3. The summed E-state index contributed by atoms with van der Waals surface area (Å²) in [5.74, 6) is 0.786. The van der Waals surface area contributed by atoms with Gasteiger partial charge in [-0.1, -0.05) is 73.1 Å². The lowest BCUT2D eigenvalue weighted by Crippen LogP contribution is -2.32. The summed E-state index contributed by atoms with van der Waals surface area (Å²) in [7, 11) is 0. The first-order valence-electron chi connectivity index (χ1n) is 12.8. The molecule has 1 saturated heterocycles. The number of nitrogens with two attached hydrogens (primary N) is 1. The lowest BCUT2D eigenvalue weighted by Gasteiger charge is -2.26. The minimum atomic E-state index is -4.75. The highest BCUT2D eigenvalue weighted by molar-refractivity contribution is 8.14. The van der Waals surface area contributed by atoms with E-state index >= 15 is 0 Å². The molecule has 1 heterocycles. The Morgan fingerprint density at radius 3 is 2.54 bits per heavy atom. The number of alkyl halides is 3. The Morgan fingerprint density at radius 2 is 1.85 bits per heavy atom. The molecule has 41 heavy (non-hydrogen) atoms. The Labute approximate surface area is 245 Å². The van der Waals surface area contributed by atoms with Crippen molar-refractivity contribution in [2.24, 2.45) is 25.9 Å². The molecule has 214 valence electrons. The molecule has 0 amide bonds. The second-order valence-corrected chi connectivity index (χ2v) is 10.5. The van der Waals surface area contributed by atoms with Crippen molar-refractivity contribution in [2.45, 2.75) is 39.1 Å². The van der Waals surface area contributed by atoms with E-state index in [0.717, 1.165) is 35.0 Å². The van der Waals surface area contributed by atoms with Crippen molar-refractivity contribution in [1.82, 2.24) is 0 Å². The molecule has 0 bridgehead atoms. The number of aryl methyl sites for hydroxylation is 1. The van der Waals surface area contributed by atoms with Crippen LogP contribution in [0.4, 0.5) is 24.5 Å². The number of anilines is 1. The first-order valence-corrected chi connectivity index (χ1v) is 14.1. The fourth-order valence-electron chi connectivity index (χ4n) is 4.07. The molecule has 1 aliphatic heterocycles. The summed E-state index contributed by atoms with van der Waals surface area (Å²) in [5, 5.41) is 10.3. The van der Waals surface area contributed by atoms with Crippen molar-refractivity contribution >= 4 is 58.3 Å². The maximum absolute atomic E-state index is 12.3. The van der Waals surface area contributed by atoms with Gasteiger partial charge < -0.3 is 15.4 Å². The molecule has 1 unspecified atom stereocenters. The molecular formula is C29H28ClF3N6OS. The topological polar surface area (TPSA) is 87.9 Å². The van der Waals surface area contributed by atoms with Gasteiger partial charge >= 0.3 is 6.36 Å². The summed E-state index contributed by atoms with van der Waals surface area (Å²) in [6.45, 7) is 4.30. The maximum atomic E-state index is 12.3. The van der Waals surface area contributed by atoms with Gasteiger partial charge in [0.15, 0.2) is 5.17 Å². The number of hydrogen-bond donors (Lipinski definition) is 1.